The van der Waals surface area contributed by atoms with Gasteiger partial charge in [-0.15, -0.1) is 29.3 Å². The second kappa shape index (κ2) is 19.4. The van der Waals surface area contributed by atoms with Crippen LogP contribution in [0.3, 0.4) is 0 Å². The van der Waals surface area contributed by atoms with Crippen LogP contribution in [0.5, 0.6) is 5.75 Å². The van der Waals surface area contributed by atoms with E-state index >= 15 is 0 Å². The van der Waals surface area contributed by atoms with E-state index < -0.39 is 97.1 Å². The van der Waals surface area contributed by atoms with E-state index in [9.17, 15) is 14.7 Å². The molecule has 0 amide bonds. The molecular formula is C63H70N3OPt-. The van der Waals surface area contributed by atoms with E-state index in [-0.39, 0.29) is 66.3 Å². The molecule has 0 bridgehead atoms. The molecule has 4 nitrogen and oxygen atoms in total. The van der Waals surface area contributed by atoms with Gasteiger partial charge in [-0.3, -0.25) is 9.55 Å². The molecule has 354 valence electrons. The van der Waals surface area contributed by atoms with Crippen LogP contribution in [0.4, 0.5) is 0 Å². The van der Waals surface area contributed by atoms with Crippen molar-refractivity contribution in [1.29, 1.82) is 0 Å². The number of phenolic OH excluding ortho intramolecular Hbond substituents is 1. The van der Waals surface area contributed by atoms with Gasteiger partial charge in [-0.1, -0.05) is 181 Å². The van der Waals surface area contributed by atoms with E-state index in [1.807, 2.05) is 32.9 Å². The molecule has 68 heavy (non-hydrogen) atoms. The molecule has 0 spiro atoms. The molecule has 1 N–H and O–H groups in total. The smallest absolute Gasteiger partial charge is 0.148 e. The Hall–Kier alpha value is -5.57. The van der Waals surface area contributed by atoms with Crippen molar-refractivity contribution in [3.05, 3.63) is 166 Å². The fourth-order valence-electron chi connectivity index (χ4n) is 8.46. The number of fused-ring (bicyclic) bond motifs is 1. The van der Waals surface area contributed by atoms with Crippen LogP contribution >= 0.6 is 0 Å². The summed E-state index contributed by atoms with van der Waals surface area (Å²) in [6.45, 7) is 4.96. The number of rotatable bonds is 10. The fraction of sp³-hybridized carbons (Fsp3) is 0.333. The standard InChI is InChI=1S/C63H70N3O.Pt/c1-37(2)45-34-53(40(7)8)60(67)54(35-45)61-65-59-52(20-17-21-57(59)66(61)56-27-24-44(30-41(56)9)58-50(38(3)4)18-16-19-51(58)39(5)6)46-31-47(33-49(32-46)63(13,14)15)55-36-43(28-29-64-55)42-22-25-48(26-23-42)62(10,11)12;/h16-30,32-40,67H,1-15H3;/q-1;/i9D3,10D3,11D3,12D3,22D,23D,25D,26D,37D,38D,39D,40D;. The molecule has 0 fully saturated rings. The van der Waals surface area contributed by atoms with Crippen molar-refractivity contribution < 1.29 is 53.6 Å². The van der Waals surface area contributed by atoms with Crippen LogP contribution in [0.15, 0.2) is 121 Å². The molecule has 6 aromatic carbocycles. The van der Waals surface area contributed by atoms with Crippen LogP contribution in [0.25, 0.3) is 72.7 Å². The zero-order valence-corrected chi connectivity index (χ0v) is 42.6. The number of benzene rings is 6. The Morgan fingerprint density at radius 2 is 1.31 bits per heavy atom. The second-order valence-corrected chi connectivity index (χ2v) is 19.2. The Kier molecular flexibility index (Phi) is 8.61. The largest absolute Gasteiger partial charge is 0.507 e. The minimum atomic E-state index is -3.87. The Morgan fingerprint density at radius 1 is 0.647 bits per heavy atom. The first-order valence-electron chi connectivity index (χ1n) is 32.3. The van der Waals surface area contributed by atoms with E-state index in [0.29, 0.717) is 55.5 Å². The van der Waals surface area contributed by atoms with Crippen molar-refractivity contribution in [3.63, 3.8) is 0 Å². The summed E-state index contributed by atoms with van der Waals surface area (Å²) in [6, 6.07) is 24.8. The third kappa shape index (κ3) is 9.82. The molecule has 2 aromatic heterocycles. The summed E-state index contributed by atoms with van der Waals surface area (Å²) in [4.78, 5) is 9.97. The van der Waals surface area contributed by atoms with Gasteiger partial charge in [-0.05, 0) is 127 Å². The molecule has 5 heteroatoms. The fourth-order valence-corrected chi connectivity index (χ4v) is 8.46. The van der Waals surface area contributed by atoms with Gasteiger partial charge in [-0.25, -0.2) is 4.98 Å². The van der Waals surface area contributed by atoms with Gasteiger partial charge in [0.15, 0.2) is 0 Å². The SMILES string of the molecule is [2H]c1c([2H])c(C(C([2H])([2H])[2H])(C([2H])([2H])[2H])C([2H])([2H])[2H])c([2H])c([2H])c1-c1ccnc(-c2[c-]c(-c3cccc4c3nc(-c3cc(C([2H])(C)C)cc(C([2H])(C)C)c3O)n4-c3ccc(-c4c(C([2H])(C)C)cccc4C([2H])(C)C)cc3C([2H])([2H])[2H])cc(C(C)(C)C)c2)c1.[Pt]. The zero-order chi connectivity index (χ0) is 65.4. The Morgan fingerprint density at radius 3 is 1.93 bits per heavy atom. The number of hydrogen-bond acceptors (Lipinski definition) is 3. The number of pyridine rings is 1. The molecule has 2 heterocycles. The molecule has 0 atom stereocenters. The van der Waals surface area contributed by atoms with Gasteiger partial charge in [0.25, 0.3) is 0 Å². The van der Waals surface area contributed by atoms with Crippen molar-refractivity contribution in [1.82, 2.24) is 14.5 Å². The van der Waals surface area contributed by atoms with Crippen molar-refractivity contribution in [2.24, 2.45) is 0 Å². The molecule has 0 aliphatic carbocycles. The maximum absolute atomic E-state index is 12.5. The maximum atomic E-state index is 12.5. The molecule has 0 aliphatic heterocycles. The molecule has 0 aliphatic rings. The summed E-state index contributed by atoms with van der Waals surface area (Å²) in [5, 5.41) is 12.5. The predicted molar refractivity (Wildman–Crippen MR) is 285 cm³/mol. The minimum Gasteiger partial charge on any atom is -0.507 e. The summed E-state index contributed by atoms with van der Waals surface area (Å²) in [5.41, 5.74) is -0.312. The van der Waals surface area contributed by atoms with Crippen LogP contribution in [0.1, 0.15) is 187 Å². The third-order valence-electron chi connectivity index (χ3n) is 12.2. The van der Waals surface area contributed by atoms with Gasteiger partial charge in [0, 0.05) is 54.9 Å². The first-order chi connectivity index (χ1) is 39.5. The third-order valence-corrected chi connectivity index (χ3v) is 12.2. The van der Waals surface area contributed by atoms with Crippen LogP contribution in [0.2, 0.25) is 0 Å². The summed E-state index contributed by atoms with van der Waals surface area (Å²) >= 11 is 0. The molecule has 0 saturated carbocycles. The number of aromatic hydroxyl groups is 1. The van der Waals surface area contributed by atoms with Crippen LogP contribution < -0.4 is 0 Å². The van der Waals surface area contributed by atoms with Crippen molar-refractivity contribution in [3.8, 4) is 67.5 Å². The van der Waals surface area contributed by atoms with E-state index in [1.165, 1.54) is 18.3 Å². The molecule has 8 rings (SSSR count). The maximum Gasteiger partial charge on any atom is 0.148 e. The van der Waals surface area contributed by atoms with Crippen LogP contribution in [-0.2, 0) is 31.9 Å². The number of para-hydroxylation sites is 1. The Labute approximate surface area is 449 Å². The quantitative estimate of drug-likeness (QED) is 0.139. The molecule has 0 unspecified atom stereocenters. The van der Waals surface area contributed by atoms with Gasteiger partial charge >= 0.3 is 0 Å². The molecule has 0 saturated heterocycles. The van der Waals surface area contributed by atoms with E-state index in [4.69, 9.17) is 22.8 Å². The van der Waals surface area contributed by atoms with E-state index in [2.05, 4.69) is 11.1 Å². The summed E-state index contributed by atoms with van der Waals surface area (Å²) in [5.74, 6) is -5.29. The number of imidazole rings is 1. The summed E-state index contributed by atoms with van der Waals surface area (Å²) in [6.07, 6.45) is 1.34. The average Bonchev–Trinajstić information content (AvgIpc) is 0.780. The first kappa shape index (κ1) is 30.1. The van der Waals surface area contributed by atoms with Crippen LogP contribution in [-0.4, -0.2) is 19.6 Å². The summed E-state index contributed by atoms with van der Waals surface area (Å²) in [7, 11) is 0. The second-order valence-electron chi connectivity index (χ2n) is 19.2. The topological polar surface area (TPSA) is 50.9 Å². The molecular weight excluding hydrogens is 1010 g/mol. The normalized spacial score (nSPS) is 17.9. The molecule has 8 aromatic rings. The van der Waals surface area contributed by atoms with E-state index in [0.717, 1.165) is 5.56 Å². The number of aromatic nitrogens is 3. The number of nitrogens with zero attached hydrogens (tertiary/aromatic N) is 3. The van der Waals surface area contributed by atoms with Gasteiger partial charge in [0.2, 0.25) is 0 Å². The zero-order valence-electron chi connectivity index (χ0n) is 60.3. The van der Waals surface area contributed by atoms with Crippen molar-refractivity contribution in [2.75, 3.05) is 0 Å². The van der Waals surface area contributed by atoms with Gasteiger partial charge in [0.05, 0.1) is 27.8 Å². The Balaban J connectivity index is 0.0000110. The van der Waals surface area contributed by atoms with Crippen LogP contribution in [0, 0.1) is 12.9 Å². The van der Waals surface area contributed by atoms with Crippen molar-refractivity contribution in [2.45, 2.75) is 138 Å². The van der Waals surface area contributed by atoms with Crippen molar-refractivity contribution >= 4 is 11.0 Å². The number of aryl methyl sites for hydroxylation is 1. The van der Waals surface area contributed by atoms with Gasteiger partial charge in [-0.2, -0.15) is 0 Å². The average molecular weight is 1100 g/mol. The Bertz CT molecular complexity index is 3930. The number of hydrogen-bond donors (Lipinski definition) is 1. The predicted octanol–water partition coefficient (Wildman–Crippen LogP) is 17.7. The molecule has 0 radical (unpaired) electrons. The minimum absolute atomic E-state index is 0. The monoisotopic (exact) mass is 1100 g/mol. The van der Waals surface area contributed by atoms with E-state index in [1.54, 1.807) is 127 Å². The van der Waals surface area contributed by atoms with Gasteiger partial charge < -0.3 is 5.11 Å². The summed E-state index contributed by atoms with van der Waals surface area (Å²) < 4.78 is 177. The van der Waals surface area contributed by atoms with Gasteiger partial charge in [0.1, 0.15) is 11.6 Å². The first-order valence-corrected chi connectivity index (χ1v) is 22.3. The number of phenols is 1.